The van der Waals surface area contributed by atoms with Crippen LogP contribution in [0.15, 0.2) is 17.0 Å². The molecule has 1 unspecified atom stereocenters. The number of hydrogen-bond donors (Lipinski definition) is 1. The Morgan fingerprint density at radius 1 is 1.53 bits per heavy atom. The zero-order valence-corrected chi connectivity index (χ0v) is 11.7. The Labute approximate surface area is 107 Å². The maximum absolute atomic E-state index is 13.4. The summed E-state index contributed by atoms with van der Waals surface area (Å²) in [6.07, 6.45) is 0. The van der Waals surface area contributed by atoms with E-state index >= 15 is 0 Å². The summed E-state index contributed by atoms with van der Waals surface area (Å²) in [4.78, 5) is 1.04. The zero-order valence-electron chi connectivity index (χ0n) is 8.68. The molecule has 82 valence electrons. The maximum atomic E-state index is 13.4. The van der Waals surface area contributed by atoms with Gasteiger partial charge in [0.05, 0.1) is 3.57 Å². The molecule has 0 fully saturated rings. The summed E-state index contributed by atoms with van der Waals surface area (Å²) < 4.78 is 14.1. The van der Waals surface area contributed by atoms with Crippen molar-refractivity contribution >= 4 is 40.0 Å². The number of anilines is 1. The molecule has 0 bridgehead atoms. The second-order valence-corrected chi connectivity index (χ2v) is 6.49. The largest absolute Gasteiger partial charge is 0.383 e. The highest BCUT2D eigenvalue weighted by molar-refractivity contribution is 14.1. The zero-order chi connectivity index (χ0) is 11.0. The fourth-order valence-corrected chi connectivity index (χ4v) is 3.21. The van der Waals surface area contributed by atoms with E-state index in [0.29, 0.717) is 14.7 Å². The first-order chi connectivity index (χ1) is 7.08. The van der Waals surface area contributed by atoms with Crippen LogP contribution in [-0.2, 0) is 0 Å². The van der Waals surface area contributed by atoms with E-state index in [9.17, 15) is 4.39 Å². The average molecular weight is 337 g/mol. The minimum absolute atomic E-state index is 0.118. The highest BCUT2D eigenvalue weighted by atomic mass is 127. The lowest BCUT2D eigenvalue weighted by Crippen LogP contribution is -2.26. The quantitative estimate of drug-likeness (QED) is 0.778. The van der Waals surface area contributed by atoms with Crippen LogP contribution in [0.25, 0.3) is 0 Å². The van der Waals surface area contributed by atoms with Gasteiger partial charge in [-0.25, -0.2) is 4.39 Å². The molecule has 0 saturated heterocycles. The van der Waals surface area contributed by atoms with Crippen molar-refractivity contribution in [2.75, 3.05) is 11.9 Å². The van der Waals surface area contributed by atoms with Crippen molar-refractivity contribution < 1.29 is 4.39 Å². The average Bonchev–Trinajstić information content (AvgIpc) is 2.19. The molecule has 1 heterocycles. The van der Waals surface area contributed by atoms with Crippen molar-refractivity contribution in [2.45, 2.75) is 24.0 Å². The second-order valence-electron chi connectivity index (χ2n) is 4.04. The highest BCUT2D eigenvalue weighted by Crippen LogP contribution is 2.39. The molecule has 2 rings (SSSR count). The van der Waals surface area contributed by atoms with Gasteiger partial charge in [-0.15, -0.1) is 11.8 Å². The number of rotatable bonds is 1. The summed E-state index contributed by atoms with van der Waals surface area (Å²) in [5, 5.41) is 3.91. The van der Waals surface area contributed by atoms with Crippen molar-refractivity contribution in [3.63, 3.8) is 0 Å². The Hall–Kier alpha value is 0.0300. The number of benzene rings is 1. The molecule has 1 aromatic rings. The molecule has 0 amide bonds. The van der Waals surface area contributed by atoms with Crippen molar-refractivity contribution in [1.29, 1.82) is 0 Å². The van der Waals surface area contributed by atoms with Crippen LogP contribution in [0.5, 0.6) is 0 Å². The first kappa shape index (κ1) is 11.5. The van der Waals surface area contributed by atoms with Crippen LogP contribution in [0.3, 0.4) is 0 Å². The smallest absolute Gasteiger partial charge is 0.137 e. The minimum atomic E-state index is -0.118. The number of fused-ring (bicyclic) bond motifs is 1. The van der Waals surface area contributed by atoms with Crippen LogP contribution in [-0.4, -0.2) is 11.8 Å². The summed E-state index contributed by atoms with van der Waals surface area (Å²) in [5.74, 6) is 0.492. The van der Waals surface area contributed by atoms with Gasteiger partial charge < -0.3 is 5.32 Å². The molecule has 0 spiro atoms. The molecule has 1 N–H and O–H groups in total. The number of thioether (sulfide) groups is 1. The van der Waals surface area contributed by atoms with E-state index in [1.165, 1.54) is 0 Å². The molecule has 0 saturated carbocycles. The fraction of sp³-hybridized carbons (Fsp3) is 0.455. The van der Waals surface area contributed by atoms with Gasteiger partial charge in [0, 0.05) is 22.4 Å². The molecule has 0 aliphatic carbocycles. The van der Waals surface area contributed by atoms with E-state index < -0.39 is 0 Å². The Bertz CT molecular complexity index is 381. The van der Waals surface area contributed by atoms with Gasteiger partial charge in [-0.1, -0.05) is 13.8 Å². The topological polar surface area (TPSA) is 12.0 Å². The highest BCUT2D eigenvalue weighted by Gasteiger charge is 2.22. The van der Waals surface area contributed by atoms with Crippen LogP contribution in [0, 0.1) is 15.3 Å². The SMILES string of the molecule is CC(C)C1CNc2cc(I)c(F)cc2S1. The second kappa shape index (κ2) is 4.49. The van der Waals surface area contributed by atoms with Crippen molar-refractivity contribution in [1.82, 2.24) is 0 Å². The first-order valence-corrected chi connectivity index (χ1v) is 6.93. The molecule has 0 radical (unpaired) electrons. The maximum Gasteiger partial charge on any atom is 0.137 e. The van der Waals surface area contributed by atoms with Gasteiger partial charge in [0.15, 0.2) is 0 Å². The summed E-state index contributed by atoms with van der Waals surface area (Å²) >= 11 is 3.81. The van der Waals surface area contributed by atoms with Gasteiger partial charge in [-0.3, -0.25) is 0 Å². The predicted octanol–water partition coefficient (Wildman–Crippen LogP) is 3.97. The third-order valence-electron chi connectivity index (χ3n) is 2.54. The van der Waals surface area contributed by atoms with Crippen molar-refractivity contribution in [3.8, 4) is 0 Å². The van der Waals surface area contributed by atoms with Crippen LogP contribution >= 0.6 is 34.4 Å². The molecule has 1 aromatic carbocycles. The van der Waals surface area contributed by atoms with Crippen molar-refractivity contribution in [2.24, 2.45) is 5.92 Å². The Balaban J connectivity index is 2.30. The van der Waals surface area contributed by atoms with E-state index in [0.717, 1.165) is 17.1 Å². The molecule has 0 aromatic heterocycles. The van der Waals surface area contributed by atoms with Crippen molar-refractivity contribution in [3.05, 3.63) is 21.5 Å². The van der Waals surface area contributed by atoms with E-state index in [2.05, 4.69) is 19.2 Å². The van der Waals surface area contributed by atoms with Crippen LogP contribution in [0.4, 0.5) is 10.1 Å². The van der Waals surface area contributed by atoms with E-state index in [4.69, 9.17) is 0 Å². The van der Waals surface area contributed by atoms with Crippen LogP contribution in [0.2, 0.25) is 0 Å². The molecule has 1 nitrogen and oxygen atoms in total. The van der Waals surface area contributed by atoms with Gasteiger partial charge in [0.25, 0.3) is 0 Å². The van der Waals surface area contributed by atoms with Crippen LogP contribution in [0.1, 0.15) is 13.8 Å². The Kier molecular flexibility index (Phi) is 3.45. The fourth-order valence-electron chi connectivity index (χ4n) is 1.55. The first-order valence-electron chi connectivity index (χ1n) is 4.97. The van der Waals surface area contributed by atoms with Gasteiger partial charge in [0.2, 0.25) is 0 Å². The predicted molar refractivity (Wildman–Crippen MR) is 72.1 cm³/mol. The lowest BCUT2D eigenvalue weighted by atomic mass is 10.1. The third kappa shape index (κ3) is 2.41. The Morgan fingerprint density at radius 3 is 2.93 bits per heavy atom. The molecule has 1 aliphatic rings. The normalized spacial score (nSPS) is 19.9. The number of hydrogen-bond acceptors (Lipinski definition) is 2. The Morgan fingerprint density at radius 2 is 2.27 bits per heavy atom. The van der Waals surface area contributed by atoms with Crippen LogP contribution < -0.4 is 5.32 Å². The van der Waals surface area contributed by atoms with E-state index in [-0.39, 0.29) is 5.82 Å². The molecular formula is C11H13FINS. The lowest BCUT2D eigenvalue weighted by molar-refractivity contribution is 0.608. The standard InChI is InChI=1S/C11H13FINS/c1-6(2)11-5-14-9-4-8(13)7(12)3-10(9)15-11/h3-4,6,11,14H,5H2,1-2H3. The lowest BCUT2D eigenvalue weighted by Gasteiger charge is -2.28. The number of nitrogens with one attached hydrogen (secondary N) is 1. The molecule has 1 aliphatic heterocycles. The minimum Gasteiger partial charge on any atom is -0.383 e. The summed E-state index contributed by atoms with van der Waals surface area (Å²) in [5.41, 5.74) is 1.07. The summed E-state index contributed by atoms with van der Waals surface area (Å²) in [6, 6.07) is 3.53. The van der Waals surface area contributed by atoms with Gasteiger partial charge >= 0.3 is 0 Å². The van der Waals surface area contributed by atoms with E-state index in [1.54, 1.807) is 17.8 Å². The summed E-state index contributed by atoms with van der Waals surface area (Å²) in [6.45, 7) is 5.37. The third-order valence-corrected chi connectivity index (χ3v) is 4.97. The van der Waals surface area contributed by atoms with Gasteiger partial charge in [-0.2, -0.15) is 0 Å². The molecule has 15 heavy (non-hydrogen) atoms. The molecular weight excluding hydrogens is 324 g/mol. The monoisotopic (exact) mass is 337 g/mol. The van der Waals surface area contributed by atoms with Gasteiger partial charge in [0.1, 0.15) is 5.82 Å². The number of halogens is 2. The molecule has 4 heteroatoms. The van der Waals surface area contributed by atoms with Gasteiger partial charge in [-0.05, 0) is 40.6 Å². The van der Waals surface area contributed by atoms with E-state index in [1.807, 2.05) is 28.7 Å². The molecule has 1 atom stereocenters. The summed E-state index contributed by atoms with van der Waals surface area (Å²) in [7, 11) is 0.